The number of methoxy groups -OCH3 is 1. The molecule has 2 aliphatic heterocycles. The van der Waals surface area contributed by atoms with Gasteiger partial charge in [-0.25, -0.2) is 0 Å². The van der Waals surface area contributed by atoms with Gasteiger partial charge in [-0.05, 0) is 30.8 Å². The first-order valence-electron chi connectivity index (χ1n) is 9.50. The second-order valence-corrected chi connectivity index (χ2v) is 8.93. The summed E-state index contributed by atoms with van der Waals surface area (Å²) in [5.41, 5.74) is 2.72. The van der Waals surface area contributed by atoms with E-state index in [1.54, 1.807) is 7.11 Å². The van der Waals surface area contributed by atoms with Crippen molar-refractivity contribution >= 4 is 15.9 Å². The normalized spacial score (nSPS) is 38.2. The van der Waals surface area contributed by atoms with Crippen molar-refractivity contribution in [3.8, 4) is 0 Å². The Bertz CT molecular complexity index is 631. The Labute approximate surface area is 163 Å². The van der Waals surface area contributed by atoms with E-state index in [9.17, 15) is 5.11 Å². The number of aliphatic hydroxyl groups is 1. The molecule has 5 unspecified atom stereocenters. The van der Waals surface area contributed by atoms with E-state index in [2.05, 4.69) is 27.4 Å². The highest BCUT2D eigenvalue weighted by Gasteiger charge is 2.42. The fraction of sp³-hybridized carbons (Fsp3) is 0.700. The van der Waals surface area contributed by atoms with Gasteiger partial charge in [0.25, 0.3) is 0 Å². The summed E-state index contributed by atoms with van der Waals surface area (Å²) in [6, 6.07) is 0.192. The number of hydrogen-bond donors (Lipinski definition) is 1. The number of ether oxygens (including phenoxy) is 3. The Morgan fingerprint density at radius 2 is 2.08 bits per heavy atom. The van der Waals surface area contributed by atoms with E-state index in [0.29, 0.717) is 29.7 Å². The summed E-state index contributed by atoms with van der Waals surface area (Å²) in [7, 11) is 1.64. The molecule has 2 aliphatic carbocycles. The minimum absolute atomic E-state index is 0.192. The molecule has 1 saturated carbocycles. The zero-order chi connectivity index (χ0) is 18.3. The van der Waals surface area contributed by atoms with E-state index < -0.39 is 0 Å². The average Bonchev–Trinajstić information content (AvgIpc) is 3.08. The van der Waals surface area contributed by atoms with E-state index in [-0.39, 0.29) is 18.2 Å². The number of hydrogen-bond acceptors (Lipinski definition) is 5. The van der Waals surface area contributed by atoms with Crippen LogP contribution in [0.5, 0.6) is 0 Å². The molecule has 0 aromatic rings. The van der Waals surface area contributed by atoms with Gasteiger partial charge in [0.15, 0.2) is 0 Å². The Hall–Kier alpha value is -0.820. The van der Waals surface area contributed by atoms with Crippen LogP contribution in [0, 0.1) is 5.92 Å². The SMILES string of the molecule is C=CC1C2=C(CCN1CC1CC3OCOC3CC1Br)CC(OC)=C(O)C2. The molecule has 5 atom stereocenters. The monoisotopic (exact) mass is 425 g/mol. The van der Waals surface area contributed by atoms with Gasteiger partial charge in [-0.2, -0.15) is 0 Å². The number of nitrogens with zero attached hydrogens (tertiary/aromatic N) is 1. The number of allylic oxidation sites excluding steroid dienone is 2. The highest BCUT2D eigenvalue weighted by Crippen LogP contribution is 2.41. The van der Waals surface area contributed by atoms with E-state index in [1.165, 1.54) is 11.1 Å². The van der Waals surface area contributed by atoms with Crippen LogP contribution >= 0.6 is 15.9 Å². The fourth-order valence-corrected chi connectivity index (χ4v) is 5.67. The molecule has 0 aromatic carbocycles. The number of rotatable bonds is 4. The van der Waals surface area contributed by atoms with Crippen LogP contribution in [-0.4, -0.2) is 60.1 Å². The van der Waals surface area contributed by atoms with Gasteiger partial charge in [-0.3, -0.25) is 4.90 Å². The lowest BCUT2D eigenvalue weighted by Gasteiger charge is -2.43. The smallest absolute Gasteiger partial charge is 0.147 e. The third kappa shape index (κ3) is 3.37. The number of halogens is 1. The molecule has 0 bridgehead atoms. The maximum atomic E-state index is 10.3. The van der Waals surface area contributed by atoms with Crippen molar-refractivity contribution in [3.63, 3.8) is 0 Å². The summed E-state index contributed by atoms with van der Waals surface area (Å²) in [6.45, 7) is 6.56. The molecular weight excluding hydrogens is 398 g/mol. The van der Waals surface area contributed by atoms with Gasteiger partial charge in [0.1, 0.15) is 18.3 Å². The summed E-state index contributed by atoms with van der Waals surface area (Å²) in [4.78, 5) is 2.97. The molecule has 0 spiro atoms. The molecule has 0 aromatic heterocycles. The van der Waals surface area contributed by atoms with Crippen molar-refractivity contribution in [1.29, 1.82) is 0 Å². The number of fused-ring (bicyclic) bond motifs is 1. The molecule has 4 rings (SSSR count). The van der Waals surface area contributed by atoms with Crippen molar-refractivity contribution in [2.24, 2.45) is 5.92 Å². The van der Waals surface area contributed by atoms with Gasteiger partial charge in [0.2, 0.25) is 0 Å². The van der Waals surface area contributed by atoms with Crippen LogP contribution in [0.15, 0.2) is 35.3 Å². The van der Waals surface area contributed by atoms with Crippen molar-refractivity contribution in [1.82, 2.24) is 4.90 Å². The van der Waals surface area contributed by atoms with E-state index in [4.69, 9.17) is 14.2 Å². The molecule has 6 heteroatoms. The van der Waals surface area contributed by atoms with Crippen molar-refractivity contribution in [2.45, 2.75) is 55.2 Å². The average molecular weight is 426 g/mol. The summed E-state index contributed by atoms with van der Waals surface area (Å²) in [5.74, 6) is 1.62. The first-order chi connectivity index (χ1) is 12.6. The van der Waals surface area contributed by atoms with Gasteiger partial charge in [0.05, 0.1) is 19.3 Å². The van der Waals surface area contributed by atoms with Gasteiger partial charge in [-0.1, -0.05) is 27.6 Å². The highest BCUT2D eigenvalue weighted by molar-refractivity contribution is 9.09. The lowest BCUT2D eigenvalue weighted by molar-refractivity contribution is 0.0379. The minimum atomic E-state index is 0.192. The third-order valence-corrected chi connectivity index (χ3v) is 7.50. The molecular formula is C20H28BrNO4. The molecule has 26 heavy (non-hydrogen) atoms. The predicted molar refractivity (Wildman–Crippen MR) is 103 cm³/mol. The van der Waals surface area contributed by atoms with Crippen molar-refractivity contribution < 1.29 is 19.3 Å². The molecule has 144 valence electrons. The number of aliphatic hydroxyl groups excluding tert-OH is 1. The summed E-state index contributed by atoms with van der Waals surface area (Å²) < 4.78 is 16.8. The Morgan fingerprint density at radius 3 is 2.81 bits per heavy atom. The second-order valence-electron chi connectivity index (χ2n) is 7.76. The predicted octanol–water partition coefficient (Wildman–Crippen LogP) is 3.67. The lowest BCUT2D eigenvalue weighted by Crippen LogP contribution is -2.48. The molecule has 1 N–H and O–H groups in total. The van der Waals surface area contributed by atoms with Gasteiger partial charge >= 0.3 is 0 Å². The maximum Gasteiger partial charge on any atom is 0.147 e. The molecule has 1 saturated heterocycles. The van der Waals surface area contributed by atoms with Gasteiger partial charge < -0.3 is 19.3 Å². The zero-order valence-corrected chi connectivity index (χ0v) is 16.9. The van der Waals surface area contributed by atoms with Crippen molar-refractivity contribution in [2.75, 3.05) is 27.0 Å². The molecule has 0 radical (unpaired) electrons. The van der Waals surface area contributed by atoms with Crippen LogP contribution in [0.1, 0.15) is 32.1 Å². The van der Waals surface area contributed by atoms with Crippen LogP contribution in [0.4, 0.5) is 0 Å². The Balaban J connectivity index is 1.46. The molecule has 0 amide bonds. The summed E-state index contributed by atoms with van der Waals surface area (Å²) >= 11 is 3.89. The first-order valence-corrected chi connectivity index (χ1v) is 10.4. The van der Waals surface area contributed by atoms with Crippen molar-refractivity contribution in [3.05, 3.63) is 35.3 Å². The quantitative estimate of drug-likeness (QED) is 0.549. The number of alkyl halides is 1. The van der Waals surface area contributed by atoms with Gasteiger partial charge in [0, 0.05) is 36.8 Å². The van der Waals surface area contributed by atoms with Crippen LogP contribution < -0.4 is 0 Å². The van der Waals surface area contributed by atoms with E-state index in [0.717, 1.165) is 44.5 Å². The summed E-state index contributed by atoms with van der Waals surface area (Å²) in [5, 5.41) is 10.3. The fourth-order valence-electron chi connectivity index (χ4n) is 4.92. The van der Waals surface area contributed by atoms with Crippen LogP contribution in [0.25, 0.3) is 0 Å². The molecule has 4 aliphatic rings. The first kappa shape index (κ1) is 18.5. The maximum absolute atomic E-state index is 10.3. The van der Waals surface area contributed by atoms with Gasteiger partial charge in [-0.15, -0.1) is 6.58 Å². The van der Waals surface area contributed by atoms with Crippen LogP contribution in [-0.2, 0) is 14.2 Å². The Kier molecular flexibility index (Phi) is 5.46. The third-order valence-electron chi connectivity index (χ3n) is 6.38. The van der Waals surface area contributed by atoms with Crippen LogP contribution in [0.3, 0.4) is 0 Å². The molecule has 2 heterocycles. The molecule has 2 fully saturated rings. The highest BCUT2D eigenvalue weighted by atomic mass is 79.9. The minimum Gasteiger partial charge on any atom is -0.508 e. The van der Waals surface area contributed by atoms with E-state index >= 15 is 0 Å². The topological polar surface area (TPSA) is 51.2 Å². The largest absolute Gasteiger partial charge is 0.508 e. The van der Waals surface area contributed by atoms with Crippen LogP contribution in [0.2, 0.25) is 0 Å². The zero-order valence-electron chi connectivity index (χ0n) is 15.3. The summed E-state index contributed by atoms with van der Waals surface area (Å²) in [6.07, 6.45) is 6.90. The van der Waals surface area contributed by atoms with E-state index in [1.807, 2.05) is 6.08 Å². The lowest BCUT2D eigenvalue weighted by atomic mass is 9.81. The Morgan fingerprint density at radius 1 is 1.31 bits per heavy atom. The standard InChI is InChI=1S/C20H28BrNO4/c1-3-16-14-8-17(23)18(24-2)6-12(14)4-5-22(16)10-13-7-19-20(9-15(13)21)26-11-25-19/h3,13,15-16,19-20,23H,1,4-11H2,2H3. The second kappa shape index (κ2) is 7.66. The molecule has 5 nitrogen and oxygen atoms in total.